The van der Waals surface area contributed by atoms with Crippen LogP contribution < -0.4 is 5.73 Å². The predicted molar refractivity (Wildman–Crippen MR) is 56.0 cm³/mol. The van der Waals surface area contributed by atoms with Crippen molar-refractivity contribution >= 4 is 5.78 Å². The Hall–Kier alpha value is -1.22. The second-order valence-corrected chi connectivity index (χ2v) is 3.70. The summed E-state index contributed by atoms with van der Waals surface area (Å²) in [5.41, 5.74) is 8.53. The maximum Gasteiger partial charge on any atom is 0.135 e. The molecular formula is C11H16N2O. The number of Topliss-reactive ketones (excluding diaryl/α,β-unsaturated/α-hetero) is 1. The summed E-state index contributed by atoms with van der Waals surface area (Å²) < 4.78 is 0. The fourth-order valence-electron chi connectivity index (χ4n) is 1.37. The quantitative estimate of drug-likeness (QED) is 0.790. The average molecular weight is 192 g/mol. The van der Waals surface area contributed by atoms with Gasteiger partial charge in [0.15, 0.2) is 0 Å². The van der Waals surface area contributed by atoms with E-state index in [-0.39, 0.29) is 11.8 Å². The number of carbonyl (C=O) groups is 1. The maximum absolute atomic E-state index is 10.9. The summed E-state index contributed by atoms with van der Waals surface area (Å²) in [6.07, 6.45) is 0.390. The lowest BCUT2D eigenvalue weighted by Crippen LogP contribution is -2.08. The smallest absolute Gasteiger partial charge is 0.135 e. The summed E-state index contributed by atoms with van der Waals surface area (Å²) in [5.74, 6) is 0.124. The molecule has 0 aliphatic rings. The fourth-order valence-corrected chi connectivity index (χ4v) is 1.37. The third kappa shape index (κ3) is 2.92. The van der Waals surface area contributed by atoms with E-state index in [4.69, 9.17) is 5.73 Å². The van der Waals surface area contributed by atoms with Gasteiger partial charge < -0.3 is 5.73 Å². The predicted octanol–water partition coefficient (Wildman–Crippen LogP) is 1.54. The lowest BCUT2D eigenvalue weighted by Gasteiger charge is -2.08. The van der Waals surface area contributed by atoms with Crippen LogP contribution in [0.1, 0.15) is 36.8 Å². The summed E-state index contributed by atoms with van der Waals surface area (Å²) in [5, 5.41) is 0. The number of hydrogen-bond acceptors (Lipinski definition) is 3. The molecule has 1 aromatic rings. The van der Waals surface area contributed by atoms with E-state index in [1.165, 1.54) is 0 Å². The molecule has 1 rings (SSSR count). The standard InChI is InChI=1S/C11H16N2O/c1-7-4-10(9(3)12)6-11(13-7)5-8(2)14/h4,6,9H,5,12H2,1-3H3. The van der Waals surface area contributed by atoms with Crippen LogP contribution in [0.3, 0.4) is 0 Å². The van der Waals surface area contributed by atoms with Gasteiger partial charge in [0.2, 0.25) is 0 Å². The zero-order valence-electron chi connectivity index (χ0n) is 8.87. The highest BCUT2D eigenvalue weighted by molar-refractivity contribution is 5.77. The summed E-state index contributed by atoms with van der Waals surface area (Å²) >= 11 is 0. The summed E-state index contributed by atoms with van der Waals surface area (Å²) in [6.45, 7) is 5.40. The van der Waals surface area contributed by atoms with Crippen LogP contribution in [0.2, 0.25) is 0 Å². The van der Waals surface area contributed by atoms with E-state index in [9.17, 15) is 4.79 Å². The molecule has 3 heteroatoms. The molecule has 0 bridgehead atoms. The highest BCUT2D eigenvalue weighted by Gasteiger charge is 2.05. The first-order valence-electron chi connectivity index (χ1n) is 4.71. The molecule has 0 amide bonds. The van der Waals surface area contributed by atoms with Gasteiger partial charge in [-0.3, -0.25) is 9.78 Å². The van der Waals surface area contributed by atoms with Crippen LogP contribution in [0.5, 0.6) is 0 Å². The van der Waals surface area contributed by atoms with Crippen molar-refractivity contribution in [3.05, 3.63) is 29.1 Å². The van der Waals surface area contributed by atoms with E-state index < -0.39 is 0 Å². The van der Waals surface area contributed by atoms with E-state index in [0.717, 1.165) is 17.0 Å². The van der Waals surface area contributed by atoms with E-state index in [0.29, 0.717) is 6.42 Å². The molecule has 76 valence electrons. The SMILES string of the molecule is CC(=O)Cc1cc(C(C)N)cc(C)n1. The third-order valence-electron chi connectivity index (χ3n) is 1.98. The maximum atomic E-state index is 10.9. The summed E-state index contributed by atoms with van der Waals surface area (Å²) in [7, 11) is 0. The minimum Gasteiger partial charge on any atom is -0.324 e. The van der Waals surface area contributed by atoms with Crippen LogP contribution >= 0.6 is 0 Å². The molecule has 1 aromatic heterocycles. The van der Waals surface area contributed by atoms with Crippen molar-refractivity contribution in [2.75, 3.05) is 0 Å². The Kier molecular flexibility index (Phi) is 3.36. The van der Waals surface area contributed by atoms with Gasteiger partial charge in [0.1, 0.15) is 5.78 Å². The van der Waals surface area contributed by atoms with Crippen molar-refractivity contribution in [2.45, 2.75) is 33.2 Å². The second-order valence-electron chi connectivity index (χ2n) is 3.70. The van der Waals surface area contributed by atoms with Crippen molar-refractivity contribution in [3.8, 4) is 0 Å². The molecule has 0 aliphatic carbocycles. The number of hydrogen-bond donors (Lipinski definition) is 1. The number of pyridine rings is 1. The van der Waals surface area contributed by atoms with E-state index in [2.05, 4.69) is 4.98 Å². The number of nitrogens with two attached hydrogens (primary N) is 1. The van der Waals surface area contributed by atoms with Crippen LogP contribution in [0.4, 0.5) is 0 Å². The molecule has 0 aromatic carbocycles. The Balaban J connectivity index is 3.01. The molecule has 0 fully saturated rings. The molecule has 0 spiro atoms. The Bertz CT molecular complexity index is 345. The first kappa shape index (κ1) is 10.9. The summed E-state index contributed by atoms with van der Waals surface area (Å²) in [6, 6.07) is 3.84. The third-order valence-corrected chi connectivity index (χ3v) is 1.98. The molecule has 1 heterocycles. The zero-order valence-corrected chi connectivity index (χ0v) is 8.87. The van der Waals surface area contributed by atoms with Crippen LogP contribution in [0.25, 0.3) is 0 Å². The van der Waals surface area contributed by atoms with E-state index in [1.807, 2.05) is 26.0 Å². The minimum absolute atomic E-state index is 0.0117. The van der Waals surface area contributed by atoms with Crippen molar-refractivity contribution in [1.82, 2.24) is 4.98 Å². The minimum atomic E-state index is -0.0117. The van der Waals surface area contributed by atoms with Crippen molar-refractivity contribution in [3.63, 3.8) is 0 Å². The van der Waals surface area contributed by atoms with E-state index in [1.54, 1.807) is 6.92 Å². The Morgan fingerprint density at radius 2 is 2.21 bits per heavy atom. The van der Waals surface area contributed by atoms with Gasteiger partial charge in [-0.15, -0.1) is 0 Å². The highest BCUT2D eigenvalue weighted by Crippen LogP contribution is 2.12. The van der Waals surface area contributed by atoms with Crippen molar-refractivity contribution < 1.29 is 4.79 Å². The molecule has 3 nitrogen and oxygen atoms in total. The fraction of sp³-hybridized carbons (Fsp3) is 0.455. The number of nitrogens with zero attached hydrogens (tertiary/aromatic N) is 1. The van der Waals surface area contributed by atoms with Gasteiger partial charge in [-0.1, -0.05) is 0 Å². The Labute approximate surface area is 84.3 Å². The number of rotatable bonds is 3. The first-order chi connectivity index (χ1) is 6.49. The topological polar surface area (TPSA) is 56.0 Å². The molecule has 0 saturated heterocycles. The average Bonchev–Trinajstić information content (AvgIpc) is 2.01. The first-order valence-corrected chi connectivity index (χ1v) is 4.71. The number of carbonyl (C=O) groups excluding carboxylic acids is 1. The molecule has 1 atom stereocenters. The molecule has 2 N–H and O–H groups in total. The zero-order chi connectivity index (χ0) is 10.7. The van der Waals surface area contributed by atoms with Crippen LogP contribution in [-0.4, -0.2) is 10.8 Å². The van der Waals surface area contributed by atoms with Gasteiger partial charge in [0.05, 0.1) is 0 Å². The lowest BCUT2D eigenvalue weighted by molar-refractivity contribution is -0.116. The molecule has 0 radical (unpaired) electrons. The number of ketones is 1. The Morgan fingerprint density at radius 1 is 1.57 bits per heavy atom. The Morgan fingerprint density at radius 3 is 2.71 bits per heavy atom. The van der Waals surface area contributed by atoms with Crippen molar-refractivity contribution in [2.24, 2.45) is 5.73 Å². The largest absolute Gasteiger partial charge is 0.324 e. The number of aryl methyl sites for hydroxylation is 1. The van der Waals surface area contributed by atoms with Gasteiger partial charge in [-0.2, -0.15) is 0 Å². The molecule has 0 saturated carbocycles. The second kappa shape index (κ2) is 4.33. The van der Waals surface area contributed by atoms with Crippen LogP contribution in [0.15, 0.2) is 12.1 Å². The van der Waals surface area contributed by atoms with Gasteiger partial charge in [-0.25, -0.2) is 0 Å². The monoisotopic (exact) mass is 192 g/mol. The molecule has 0 aliphatic heterocycles. The summed E-state index contributed by atoms with van der Waals surface area (Å²) in [4.78, 5) is 15.2. The van der Waals surface area contributed by atoms with Gasteiger partial charge >= 0.3 is 0 Å². The van der Waals surface area contributed by atoms with Gasteiger partial charge in [-0.05, 0) is 38.5 Å². The number of aromatic nitrogens is 1. The van der Waals surface area contributed by atoms with Gasteiger partial charge in [0, 0.05) is 23.9 Å². The molecule has 14 heavy (non-hydrogen) atoms. The molecular weight excluding hydrogens is 176 g/mol. The normalized spacial score (nSPS) is 12.6. The van der Waals surface area contributed by atoms with Crippen molar-refractivity contribution in [1.29, 1.82) is 0 Å². The molecule has 1 unspecified atom stereocenters. The lowest BCUT2D eigenvalue weighted by atomic mass is 10.1. The van der Waals surface area contributed by atoms with Crippen LogP contribution in [0, 0.1) is 6.92 Å². The van der Waals surface area contributed by atoms with E-state index >= 15 is 0 Å². The van der Waals surface area contributed by atoms with Crippen LogP contribution in [-0.2, 0) is 11.2 Å². The van der Waals surface area contributed by atoms with Gasteiger partial charge in [0.25, 0.3) is 0 Å². The highest BCUT2D eigenvalue weighted by atomic mass is 16.1.